The second kappa shape index (κ2) is 9.14. The van der Waals surface area contributed by atoms with Crippen molar-refractivity contribution in [2.45, 2.75) is 26.7 Å². The van der Waals surface area contributed by atoms with Crippen molar-refractivity contribution in [2.75, 3.05) is 26.2 Å². The van der Waals surface area contributed by atoms with Crippen molar-refractivity contribution in [3.8, 4) is 0 Å². The van der Waals surface area contributed by atoms with Crippen molar-refractivity contribution in [2.24, 2.45) is 5.92 Å². The van der Waals surface area contributed by atoms with E-state index in [0.29, 0.717) is 0 Å². The standard InChI is InChI=1S/C14H25N3/c1-13(2)11-16-9-4-8-15-10-6-14-5-3-7-17-12-14/h3,5,7,12-13,15-16H,4,6,8-11H2,1-2H3. The normalized spacial score (nSPS) is 11.0. The first-order valence-electron chi connectivity index (χ1n) is 6.59. The Labute approximate surface area is 105 Å². The van der Waals surface area contributed by atoms with Gasteiger partial charge < -0.3 is 10.6 Å². The Hall–Kier alpha value is -0.930. The molecule has 3 nitrogen and oxygen atoms in total. The highest BCUT2D eigenvalue weighted by Gasteiger charge is 1.94. The summed E-state index contributed by atoms with van der Waals surface area (Å²) >= 11 is 0. The Bertz CT molecular complexity index is 272. The van der Waals surface area contributed by atoms with Gasteiger partial charge in [-0.05, 0) is 56.6 Å². The summed E-state index contributed by atoms with van der Waals surface area (Å²) < 4.78 is 0. The molecule has 0 aromatic carbocycles. The zero-order chi connectivity index (χ0) is 12.3. The lowest BCUT2D eigenvalue weighted by atomic mass is 10.2. The fourth-order valence-electron chi connectivity index (χ4n) is 1.63. The van der Waals surface area contributed by atoms with Crippen molar-refractivity contribution in [3.05, 3.63) is 30.1 Å². The maximum absolute atomic E-state index is 4.10. The molecular weight excluding hydrogens is 210 g/mol. The average molecular weight is 235 g/mol. The molecule has 0 saturated heterocycles. The van der Waals surface area contributed by atoms with Gasteiger partial charge in [0.15, 0.2) is 0 Å². The molecule has 0 saturated carbocycles. The first-order chi connectivity index (χ1) is 8.29. The van der Waals surface area contributed by atoms with Gasteiger partial charge in [0.2, 0.25) is 0 Å². The van der Waals surface area contributed by atoms with Crippen LogP contribution < -0.4 is 10.6 Å². The number of hydrogen-bond donors (Lipinski definition) is 2. The van der Waals surface area contributed by atoms with Gasteiger partial charge in [0.05, 0.1) is 0 Å². The Balaban J connectivity index is 1.88. The smallest absolute Gasteiger partial charge is 0.0300 e. The highest BCUT2D eigenvalue weighted by atomic mass is 14.9. The summed E-state index contributed by atoms with van der Waals surface area (Å²) in [5.41, 5.74) is 1.30. The summed E-state index contributed by atoms with van der Waals surface area (Å²) in [6.07, 6.45) is 6.01. The monoisotopic (exact) mass is 235 g/mol. The molecule has 0 radical (unpaired) electrons. The van der Waals surface area contributed by atoms with Crippen LogP contribution in [0.4, 0.5) is 0 Å². The van der Waals surface area contributed by atoms with E-state index in [1.54, 1.807) is 0 Å². The molecule has 2 N–H and O–H groups in total. The van der Waals surface area contributed by atoms with E-state index >= 15 is 0 Å². The van der Waals surface area contributed by atoms with E-state index in [4.69, 9.17) is 0 Å². The predicted molar refractivity (Wildman–Crippen MR) is 73.1 cm³/mol. The van der Waals surface area contributed by atoms with E-state index in [2.05, 4.69) is 35.5 Å². The van der Waals surface area contributed by atoms with E-state index in [9.17, 15) is 0 Å². The van der Waals surface area contributed by atoms with Crippen LogP contribution in [0.25, 0.3) is 0 Å². The fourth-order valence-corrected chi connectivity index (χ4v) is 1.63. The lowest BCUT2D eigenvalue weighted by molar-refractivity contribution is 0.531. The minimum atomic E-state index is 0.744. The number of hydrogen-bond acceptors (Lipinski definition) is 3. The molecule has 0 aliphatic carbocycles. The molecule has 0 atom stereocenters. The van der Waals surface area contributed by atoms with Crippen LogP contribution in [-0.2, 0) is 6.42 Å². The molecule has 17 heavy (non-hydrogen) atoms. The molecule has 1 heterocycles. The number of nitrogens with zero attached hydrogens (tertiary/aromatic N) is 1. The van der Waals surface area contributed by atoms with Crippen molar-refractivity contribution in [1.29, 1.82) is 0 Å². The fraction of sp³-hybridized carbons (Fsp3) is 0.643. The van der Waals surface area contributed by atoms with Crippen molar-refractivity contribution < 1.29 is 0 Å². The third-order valence-corrected chi connectivity index (χ3v) is 2.57. The van der Waals surface area contributed by atoms with Gasteiger partial charge in [-0.1, -0.05) is 19.9 Å². The minimum absolute atomic E-state index is 0.744. The van der Waals surface area contributed by atoms with Crippen LogP contribution in [0, 0.1) is 5.92 Å². The highest BCUT2D eigenvalue weighted by Crippen LogP contribution is 1.95. The van der Waals surface area contributed by atoms with Crippen LogP contribution in [0.5, 0.6) is 0 Å². The number of pyridine rings is 1. The van der Waals surface area contributed by atoms with Gasteiger partial charge in [0.1, 0.15) is 0 Å². The van der Waals surface area contributed by atoms with Gasteiger partial charge in [-0.15, -0.1) is 0 Å². The van der Waals surface area contributed by atoms with E-state index in [1.807, 2.05) is 18.5 Å². The number of nitrogens with one attached hydrogen (secondary N) is 2. The molecule has 0 spiro atoms. The first-order valence-corrected chi connectivity index (χ1v) is 6.59. The maximum atomic E-state index is 4.10. The zero-order valence-electron chi connectivity index (χ0n) is 11.1. The molecule has 0 bridgehead atoms. The van der Waals surface area contributed by atoms with E-state index in [1.165, 1.54) is 12.0 Å². The SMILES string of the molecule is CC(C)CNCCCNCCc1cccnc1. The average Bonchev–Trinajstić information content (AvgIpc) is 2.33. The lowest BCUT2D eigenvalue weighted by Crippen LogP contribution is -2.25. The van der Waals surface area contributed by atoms with Gasteiger partial charge in [-0.25, -0.2) is 0 Å². The molecule has 1 rings (SSSR count). The number of rotatable bonds is 9. The second-order valence-electron chi connectivity index (χ2n) is 4.81. The van der Waals surface area contributed by atoms with E-state index in [0.717, 1.165) is 38.5 Å². The lowest BCUT2D eigenvalue weighted by Gasteiger charge is -2.08. The zero-order valence-corrected chi connectivity index (χ0v) is 11.1. The van der Waals surface area contributed by atoms with Gasteiger partial charge in [-0.3, -0.25) is 4.98 Å². The molecule has 1 aromatic rings. The Kier molecular flexibility index (Phi) is 7.60. The summed E-state index contributed by atoms with van der Waals surface area (Å²) in [6.45, 7) is 8.83. The van der Waals surface area contributed by atoms with Crippen molar-refractivity contribution >= 4 is 0 Å². The summed E-state index contributed by atoms with van der Waals surface area (Å²) in [5.74, 6) is 0.744. The van der Waals surface area contributed by atoms with Crippen molar-refractivity contribution in [3.63, 3.8) is 0 Å². The van der Waals surface area contributed by atoms with E-state index in [-0.39, 0.29) is 0 Å². The molecule has 1 aromatic heterocycles. The Morgan fingerprint density at radius 1 is 1.18 bits per heavy atom. The quantitative estimate of drug-likeness (QED) is 0.641. The topological polar surface area (TPSA) is 37.0 Å². The van der Waals surface area contributed by atoms with E-state index < -0.39 is 0 Å². The predicted octanol–water partition coefficient (Wildman–Crippen LogP) is 1.85. The minimum Gasteiger partial charge on any atom is -0.316 e. The molecule has 3 heteroatoms. The van der Waals surface area contributed by atoms with Crippen molar-refractivity contribution in [1.82, 2.24) is 15.6 Å². The Morgan fingerprint density at radius 2 is 2.00 bits per heavy atom. The van der Waals surface area contributed by atoms with Gasteiger partial charge in [-0.2, -0.15) is 0 Å². The van der Waals surface area contributed by atoms with Crippen LogP contribution in [0.2, 0.25) is 0 Å². The molecular formula is C14H25N3. The van der Waals surface area contributed by atoms with Gasteiger partial charge in [0.25, 0.3) is 0 Å². The maximum Gasteiger partial charge on any atom is 0.0300 e. The summed E-state index contributed by atoms with van der Waals surface area (Å²) in [7, 11) is 0. The van der Waals surface area contributed by atoms with Gasteiger partial charge >= 0.3 is 0 Å². The van der Waals surface area contributed by atoms with Crippen LogP contribution in [-0.4, -0.2) is 31.2 Å². The molecule has 0 fully saturated rings. The summed E-state index contributed by atoms with van der Waals surface area (Å²) in [5, 5.41) is 6.90. The summed E-state index contributed by atoms with van der Waals surface area (Å²) in [4.78, 5) is 4.10. The number of aromatic nitrogens is 1. The highest BCUT2D eigenvalue weighted by molar-refractivity contribution is 5.08. The van der Waals surface area contributed by atoms with Gasteiger partial charge in [0, 0.05) is 12.4 Å². The largest absolute Gasteiger partial charge is 0.316 e. The second-order valence-corrected chi connectivity index (χ2v) is 4.81. The molecule has 0 amide bonds. The molecule has 0 unspecified atom stereocenters. The molecule has 0 aliphatic heterocycles. The first kappa shape index (κ1) is 14.1. The molecule has 0 aliphatic rings. The summed E-state index contributed by atoms with van der Waals surface area (Å²) in [6, 6.07) is 4.12. The van der Waals surface area contributed by atoms with Crippen LogP contribution in [0.15, 0.2) is 24.5 Å². The van der Waals surface area contributed by atoms with Crippen LogP contribution in [0.1, 0.15) is 25.8 Å². The van der Waals surface area contributed by atoms with Crippen LogP contribution in [0.3, 0.4) is 0 Å². The third-order valence-electron chi connectivity index (χ3n) is 2.57. The Morgan fingerprint density at radius 3 is 2.71 bits per heavy atom. The third kappa shape index (κ3) is 7.88. The van der Waals surface area contributed by atoms with Crippen LogP contribution >= 0.6 is 0 Å². The molecule has 96 valence electrons.